The van der Waals surface area contributed by atoms with Gasteiger partial charge in [-0.1, -0.05) is 13.8 Å². The lowest BCUT2D eigenvalue weighted by Crippen LogP contribution is -2.42. The van der Waals surface area contributed by atoms with Gasteiger partial charge in [-0.2, -0.15) is 0 Å². The smallest absolute Gasteiger partial charge is 0.407 e. The molecule has 0 aliphatic carbocycles. The van der Waals surface area contributed by atoms with Crippen LogP contribution in [0.4, 0.5) is 4.79 Å². The third kappa shape index (κ3) is 9.60. The van der Waals surface area contributed by atoms with Crippen molar-refractivity contribution in [3.8, 4) is 0 Å². The van der Waals surface area contributed by atoms with Crippen LogP contribution >= 0.6 is 11.3 Å². The monoisotopic (exact) mass is 383 g/mol. The first-order chi connectivity index (χ1) is 12.4. The van der Waals surface area contributed by atoms with Gasteiger partial charge in [0.25, 0.3) is 0 Å². The summed E-state index contributed by atoms with van der Waals surface area (Å²) in [5.41, 5.74) is 0. The average Bonchev–Trinajstić information content (AvgIpc) is 2.97. The highest BCUT2D eigenvalue weighted by Crippen LogP contribution is 2.11. The van der Waals surface area contributed by atoms with Crippen LogP contribution in [0.2, 0.25) is 0 Å². The lowest BCUT2D eigenvalue weighted by Gasteiger charge is -2.19. The van der Waals surface area contributed by atoms with Crippen molar-refractivity contribution in [3.63, 3.8) is 0 Å². The number of amides is 1. The fourth-order valence-corrected chi connectivity index (χ4v) is 3.22. The predicted molar refractivity (Wildman–Crippen MR) is 108 cm³/mol. The number of nitrogens with one attached hydrogen (secondary N) is 3. The molecule has 148 valence electrons. The van der Waals surface area contributed by atoms with Crippen molar-refractivity contribution in [2.75, 3.05) is 26.2 Å². The highest BCUT2D eigenvalue weighted by molar-refractivity contribution is 7.11. The molecule has 0 saturated carbocycles. The van der Waals surface area contributed by atoms with Crippen LogP contribution in [-0.4, -0.2) is 49.3 Å². The van der Waals surface area contributed by atoms with E-state index in [-0.39, 0.29) is 12.1 Å². The minimum Gasteiger partial charge on any atom is -0.450 e. The average molecular weight is 384 g/mol. The fourth-order valence-electron chi connectivity index (χ4n) is 2.44. The van der Waals surface area contributed by atoms with Crippen LogP contribution in [-0.2, 0) is 11.2 Å². The number of guanidine groups is 1. The minimum absolute atomic E-state index is 0.0499. The Morgan fingerprint density at radius 2 is 2.12 bits per heavy atom. The lowest BCUT2D eigenvalue weighted by molar-refractivity contribution is 0.147. The van der Waals surface area contributed by atoms with Gasteiger partial charge in [-0.05, 0) is 33.1 Å². The molecule has 1 aromatic rings. The molecule has 1 rings (SSSR count). The molecule has 0 fully saturated rings. The maximum absolute atomic E-state index is 11.7. The Balaban J connectivity index is 2.56. The number of nitrogens with zero attached hydrogens (tertiary/aromatic N) is 2. The highest BCUT2D eigenvalue weighted by atomic mass is 32.1. The Morgan fingerprint density at radius 3 is 2.69 bits per heavy atom. The van der Waals surface area contributed by atoms with Crippen LogP contribution in [0.5, 0.6) is 0 Å². The lowest BCUT2D eigenvalue weighted by atomic mass is 10.0. The number of aryl methyl sites for hydroxylation is 1. The number of aliphatic imine (C=N–C) groups is 1. The summed E-state index contributed by atoms with van der Waals surface area (Å²) in [5.74, 6) is 1.21. The maximum atomic E-state index is 11.7. The highest BCUT2D eigenvalue weighted by Gasteiger charge is 2.14. The summed E-state index contributed by atoms with van der Waals surface area (Å²) >= 11 is 1.72. The molecule has 1 heterocycles. The van der Waals surface area contributed by atoms with Crippen LogP contribution in [0.1, 0.15) is 44.0 Å². The fraction of sp³-hybridized carbons (Fsp3) is 0.722. The molecule has 26 heavy (non-hydrogen) atoms. The molecule has 1 amide bonds. The van der Waals surface area contributed by atoms with E-state index >= 15 is 0 Å². The van der Waals surface area contributed by atoms with Crippen molar-refractivity contribution in [1.29, 1.82) is 0 Å². The van der Waals surface area contributed by atoms with Crippen molar-refractivity contribution in [2.45, 2.75) is 53.5 Å². The van der Waals surface area contributed by atoms with Crippen molar-refractivity contribution in [1.82, 2.24) is 20.9 Å². The van der Waals surface area contributed by atoms with E-state index in [9.17, 15) is 4.79 Å². The topological polar surface area (TPSA) is 87.6 Å². The third-order valence-corrected chi connectivity index (χ3v) is 4.44. The Labute approximate surface area is 161 Å². The number of hydrogen-bond acceptors (Lipinski definition) is 5. The van der Waals surface area contributed by atoms with Gasteiger partial charge in [0, 0.05) is 30.6 Å². The zero-order chi connectivity index (χ0) is 19.4. The molecule has 0 saturated heterocycles. The second-order valence-electron chi connectivity index (χ2n) is 6.45. The van der Waals surface area contributed by atoms with Crippen LogP contribution in [0.15, 0.2) is 11.2 Å². The Morgan fingerprint density at radius 1 is 1.35 bits per heavy atom. The predicted octanol–water partition coefficient (Wildman–Crippen LogP) is 2.71. The van der Waals surface area contributed by atoms with Gasteiger partial charge in [0.1, 0.15) is 0 Å². The van der Waals surface area contributed by atoms with Gasteiger partial charge >= 0.3 is 6.09 Å². The summed E-state index contributed by atoms with van der Waals surface area (Å²) in [6, 6.07) is -0.0499. The van der Waals surface area contributed by atoms with Crippen LogP contribution in [0.25, 0.3) is 0 Å². The molecule has 3 N–H and O–H groups in total. The van der Waals surface area contributed by atoms with Gasteiger partial charge in [-0.3, -0.25) is 4.99 Å². The molecule has 7 nitrogen and oxygen atoms in total. The van der Waals surface area contributed by atoms with E-state index in [1.807, 2.05) is 13.1 Å². The second-order valence-corrected chi connectivity index (χ2v) is 7.77. The van der Waals surface area contributed by atoms with Crippen LogP contribution in [0, 0.1) is 12.8 Å². The Hall–Kier alpha value is -1.83. The zero-order valence-corrected chi connectivity index (χ0v) is 17.4. The number of hydrogen-bond donors (Lipinski definition) is 3. The van der Waals surface area contributed by atoms with Gasteiger partial charge in [0.15, 0.2) is 5.96 Å². The van der Waals surface area contributed by atoms with E-state index in [0.717, 1.165) is 36.9 Å². The second kappa shape index (κ2) is 12.5. The van der Waals surface area contributed by atoms with Gasteiger partial charge in [0.2, 0.25) is 0 Å². The number of carbonyl (C=O) groups is 1. The van der Waals surface area contributed by atoms with Gasteiger partial charge in [0.05, 0.1) is 24.2 Å². The van der Waals surface area contributed by atoms with Crippen molar-refractivity contribution >= 4 is 23.4 Å². The summed E-state index contributed by atoms with van der Waals surface area (Å²) in [5, 5.41) is 10.6. The largest absolute Gasteiger partial charge is 0.450 e. The summed E-state index contributed by atoms with van der Waals surface area (Å²) in [7, 11) is 0. The quantitative estimate of drug-likeness (QED) is 0.427. The first-order valence-electron chi connectivity index (χ1n) is 9.31. The van der Waals surface area contributed by atoms with Crippen LogP contribution < -0.4 is 16.0 Å². The van der Waals surface area contributed by atoms with Crippen LogP contribution in [0.3, 0.4) is 0 Å². The minimum atomic E-state index is -0.384. The van der Waals surface area contributed by atoms with Crippen molar-refractivity contribution in [2.24, 2.45) is 10.9 Å². The molecular formula is C18H33N5O2S. The summed E-state index contributed by atoms with van der Waals surface area (Å²) in [6.45, 7) is 12.6. The molecule has 0 radical (unpaired) electrons. The first-order valence-corrected chi connectivity index (χ1v) is 10.1. The molecule has 0 bridgehead atoms. The third-order valence-electron chi connectivity index (χ3n) is 3.47. The van der Waals surface area contributed by atoms with Crippen molar-refractivity contribution < 1.29 is 9.53 Å². The molecule has 0 aliphatic heterocycles. The molecule has 1 unspecified atom stereocenters. The van der Waals surface area contributed by atoms with Gasteiger partial charge in [-0.25, -0.2) is 9.78 Å². The van der Waals surface area contributed by atoms with Gasteiger partial charge in [-0.15, -0.1) is 11.3 Å². The molecule has 8 heteroatoms. The van der Waals surface area contributed by atoms with E-state index in [2.05, 4.69) is 46.7 Å². The summed E-state index contributed by atoms with van der Waals surface area (Å²) < 4.78 is 4.99. The van der Waals surface area contributed by atoms with E-state index in [1.54, 1.807) is 18.3 Å². The summed E-state index contributed by atoms with van der Waals surface area (Å²) in [6.07, 6.45) is 3.22. The van der Waals surface area contributed by atoms with E-state index < -0.39 is 0 Å². The number of rotatable bonds is 10. The molecule has 0 aliphatic rings. The SMILES string of the molecule is CCNC(=NCC(CC(C)C)NC(=O)OCC)NCCc1ncc(C)s1. The summed E-state index contributed by atoms with van der Waals surface area (Å²) in [4.78, 5) is 21.9. The standard InChI is InChI=1S/C18H33N5O2S/c1-6-19-17(20-9-8-16-21-11-14(5)26-16)22-12-15(10-13(3)4)23-18(24)25-7-2/h11,13,15H,6-10,12H2,1-5H3,(H,23,24)(H2,19,20,22). The molecular weight excluding hydrogens is 350 g/mol. The molecule has 1 atom stereocenters. The number of ether oxygens (including phenoxy) is 1. The Bertz CT molecular complexity index is 560. The van der Waals surface area contributed by atoms with E-state index in [1.165, 1.54) is 4.88 Å². The number of carbonyl (C=O) groups excluding carboxylic acids is 1. The molecule has 1 aromatic heterocycles. The zero-order valence-electron chi connectivity index (χ0n) is 16.6. The number of thiazole rings is 1. The number of aromatic nitrogens is 1. The van der Waals surface area contributed by atoms with E-state index in [4.69, 9.17) is 4.74 Å². The normalized spacial score (nSPS) is 12.8. The Kier molecular flexibility index (Phi) is 10.7. The number of alkyl carbamates (subject to hydrolysis) is 1. The van der Waals surface area contributed by atoms with E-state index in [0.29, 0.717) is 19.1 Å². The van der Waals surface area contributed by atoms with Crippen molar-refractivity contribution in [3.05, 3.63) is 16.1 Å². The van der Waals surface area contributed by atoms with Gasteiger partial charge < -0.3 is 20.7 Å². The molecule has 0 aromatic carbocycles. The maximum Gasteiger partial charge on any atom is 0.407 e. The molecule has 0 spiro atoms. The first kappa shape index (κ1) is 22.2.